The van der Waals surface area contributed by atoms with Crippen molar-refractivity contribution in [2.75, 3.05) is 26.2 Å². The van der Waals surface area contributed by atoms with Crippen LogP contribution in [0.15, 0.2) is 5.16 Å². The van der Waals surface area contributed by atoms with Gasteiger partial charge >= 0.3 is 0 Å². The zero-order valence-electron chi connectivity index (χ0n) is 11.4. The molecule has 0 aromatic heterocycles. The van der Waals surface area contributed by atoms with Gasteiger partial charge in [-0.05, 0) is 39.0 Å². The summed E-state index contributed by atoms with van der Waals surface area (Å²) >= 11 is 0. The number of oxime groups is 1. The van der Waals surface area contributed by atoms with Crippen molar-refractivity contribution < 1.29 is 5.21 Å². The number of hydrogen-bond acceptors (Lipinski definition) is 4. The standard InChI is InChI=1S/C12H28N4O/c1-4-11(10-12(13)15-17)14-8-7-9-16(5-2)6-3/h11,14,17H,4-10H2,1-3H3,(H2,13,15). The summed E-state index contributed by atoms with van der Waals surface area (Å²) in [5, 5.41) is 15.0. The van der Waals surface area contributed by atoms with E-state index in [9.17, 15) is 0 Å². The summed E-state index contributed by atoms with van der Waals surface area (Å²) < 4.78 is 0. The normalized spacial score (nSPS) is 14.2. The molecule has 0 aliphatic heterocycles. The zero-order chi connectivity index (χ0) is 13.1. The van der Waals surface area contributed by atoms with Crippen LogP contribution in [0.1, 0.15) is 40.0 Å². The van der Waals surface area contributed by atoms with Gasteiger partial charge in [0.05, 0.1) is 0 Å². The lowest BCUT2D eigenvalue weighted by Crippen LogP contribution is -2.35. The Balaban J connectivity index is 3.69. The van der Waals surface area contributed by atoms with Gasteiger partial charge in [-0.1, -0.05) is 25.9 Å². The van der Waals surface area contributed by atoms with E-state index >= 15 is 0 Å². The SMILES string of the molecule is CCC(CC(N)=NO)NCCCN(CC)CC. The van der Waals surface area contributed by atoms with Crippen molar-refractivity contribution in [3.63, 3.8) is 0 Å². The molecule has 0 fully saturated rings. The number of hydrogen-bond donors (Lipinski definition) is 3. The zero-order valence-corrected chi connectivity index (χ0v) is 11.4. The van der Waals surface area contributed by atoms with Gasteiger partial charge in [-0.25, -0.2) is 0 Å². The second-order valence-corrected chi connectivity index (χ2v) is 4.24. The highest BCUT2D eigenvalue weighted by Gasteiger charge is 2.08. The maximum atomic E-state index is 8.52. The molecular weight excluding hydrogens is 216 g/mol. The van der Waals surface area contributed by atoms with E-state index in [0.29, 0.717) is 18.3 Å². The molecule has 17 heavy (non-hydrogen) atoms. The molecule has 0 aromatic carbocycles. The third-order valence-electron chi connectivity index (χ3n) is 3.06. The molecular formula is C12H28N4O. The summed E-state index contributed by atoms with van der Waals surface area (Å²) in [6.45, 7) is 10.8. The molecule has 0 aromatic rings. The minimum absolute atomic E-state index is 0.299. The highest BCUT2D eigenvalue weighted by molar-refractivity contribution is 5.80. The Morgan fingerprint density at radius 3 is 2.47 bits per heavy atom. The number of nitrogens with two attached hydrogens (primary N) is 1. The van der Waals surface area contributed by atoms with Gasteiger partial charge in [0.1, 0.15) is 5.84 Å². The van der Waals surface area contributed by atoms with Gasteiger partial charge in [0, 0.05) is 12.5 Å². The highest BCUT2D eigenvalue weighted by atomic mass is 16.4. The Morgan fingerprint density at radius 2 is 2.00 bits per heavy atom. The van der Waals surface area contributed by atoms with Gasteiger partial charge < -0.3 is 21.2 Å². The van der Waals surface area contributed by atoms with Gasteiger partial charge in [0.15, 0.2) is 0 Å². The Bertz CT molecular complexity index is 205. The number of nitrogens with zero attached hydrogens (tertiary/aromatic N) is 2. The van der Waals surface area contributed by atoms with Crippen molar-refractivity contribution in [2.45, 2.75) is 46.1 Å². The first kappa shape index (κ1) is 16.2. The Labute approximate surface area is 105 Å². The molecule has 0 bridgehead atoms. The number of amidine groups is 1. The molecule has 4 N–H and O–H groups in total. The molecule has 0 radical (unpaired) electrons. The lowest BCUT2D eigenvalue weighted by Gasteiger charge is -2.20. The van der Waals surface area contributed by atoms with E-state index in [1.165, 1.54) is 0 Å². The lowest BCUT2D eigenvalue weighted by molar-refractivity contribution is 0.294. The van der Waals surface area contributed by atoms with Crippen molar-refractivity contribution in [1.82, 2.24) is 10.2 Å². The van der Waals surface area contributed by atoms with Crippen LogP contribution in [0.25, 0.3) is 0 Å². The lowest BCUT2D eigenvalue weighted by atomic mass is 10.1. The molecule has 0 rings (SSSR count). The molecule has 5 nitrogen and oxygen atoms in total. The van der Waals surface area contributed by atoms with Crippen molar-refractivity contribution in [2.24, 2.45) is 10.9 Å². The predicted molar refractivity (Wildman–Crippen MR) is 72.5 cm³/mol. The van der Waals surface area contributed by atoms with E-state index in [2.05, 4.69) is 36.1 Å². The quantitative estimate of drug-likeness (QED) is 0.178. The first-order valence-corrected chi connectivity index (χ1v) is 6.59. The monoisotopic (exact) mass is 244 g/mol. The van der Waals surface area contributed by atoms with E-state index in [0.717, 1.165) is 39.0 Å². The molecule has 0 saturated carbocycles. The van der Waals surface area contributed by atoms with Gasteiger partial charge in [0.2, 0.25) is 0 Å². The third-order valence-corrected chi connectivity index (χ3v) is 3.06. The van der Waals surface area contributed by atoms with E-state index in [4.69, 9.17) is 10.9 Å². The fourth-order valence-corrected chi connectivity index (χ4v) is 1.80. The topological polar surface area (TPSA) is 73.9 Å². The Kier molecular flexibility index (Phi) is 9.86. The van der Waals surface area contributed by atoms with Crippen molar-refractivity contribution >= 4 is 5.84 Å². The third kappa shape index (κ3) is 7.99. The summed E-state index contributed by atoms with van der Waals surface area (Å²) in [6.07, 6.45) is 2.73. The highest BCUT2D eigenvalue weighted by Crippen LogP contribution is 1.98. The predicted octanol–water partition coefficient (Wildman–Crippen LogP) is 1.22. The van der Waals surface area contributed by atoms with Gasteiger partial charge in [-0.2, -0.15) is 0 Å². The minimum atomic E-state index is 0.299. The van der Waals surface area contributed by atoms with Crippen LogP contribution in [0, 0.1) is 0 Å². The smallest absolute Gasteiger partial charge is 0.140 e. The Hall–Kier alpha value is -0.810. The maximum Gasteiger partial charge on any atom is 0.140 e. The molecule has 102 valence electrons. The van der Waals surface area contributed by atoms with Crippen LogP contribution in [-0.4, -0.2) is 48.2 Å². The van der Waals surface area contributed by atoms with Crippen molar-refractivity contribution in [1.29, 1.82) is 0 Å². The average Bonchev–Trinajstić information content (AvgIpc) is 2.37. The summed E-state index contributed by atoms with van der Waals surface area (Å²) in [5.41, 5.74) is 5.50. The number of nitrogens with one attached hydrogen (secondary N) is 1. The largest absolute Gasteiger partial charge is 0.409 e. The molecule has 1 atom stereocenters. The molecule has 0 amide bonds. The summed E-state index contributed by atoms with van der Waals surface area (Å²) in [4.78, 5) is 2.41. The van der Waals surface area contributed by atoms with Crippen LogP contribution < -0.4 is 11.1 Å². The fourth-order valence-electron chi connectivity index (χ4n) is 1.80. The average molecular weight is 244 g/mol. The van der Waals surface area contributed by atoms with Crippen LogP contribution in [0.3, 0.4) is 0 Å². The maximum absolute atomic E-state index is 8.52. The molecule has 0 heterocycles. The minimum Gasteiger partial charge on any atom is -0.409 e. The second-order valence-electron chi connectivity index (χ2n) is 4.24. The van der Waals surface area contributed by atoms with Crippen LogP contribution in [0.4, 0.5) is 0 Å². The van der Waals surface area contributed by atoms with Crippen molar-refractivity contribution in [3.05, 3.63) is 0 Å². The van der Waals surface area contributed by atoms with Crippen LogP contribution >= 0.6 is 0 Å². The summed E-state index contributed by atoms with van der Waals surface area (Å²) in [5.74, 6) is 0.299. The molecule has 0 spiro atoms. The van der Waals surface area contributed by atoms with Gasteiger partial charge in [-0.15, -0.1) is 0 Å². The van der Waals surface area contributed by atoms with Gasteiger partial charge in [0.25, 0.3) is 0 Å². The van der Waals surface area contributed by atoms with Crippen LogP contribution in [-0.2, 0) is 0 Å². The van der Waals surface area contributed by atoms with Crippen molar-refractivity contribution in [3.8, 4) is 0 Å². The fraction of sp³-hybridized carbons (Fsp3) is 0.917. The van der Waals surface area contributed by atoms with E-state index in [1.54, 1.807) is 0 Å². The van der Waals surface area contributed by atoms with Gasteiger partial charge in [-0.3, -0.25) is 0 Å². The Morgan fingerprint density at radius 1 is 1.35 bits per heavy atom. The molecule has 0 aliphatic rings. The van der Waals surface area contributed by atoms with Crippen LogP contribution in [0.2, 0.25) is 0 Å². The number of rotatable bonds is 10. The van der Waals surface area contributed by atoms with E-state index in [1.807, 2.05) is 0 Å². The second kappa shape index (κ2) is 10.4. The van der Waals surface area contributed by atoms with Crippen LogP contribution in [0.5, 0.6) is 0 Å². The van der Waals surface area contributed by atoms with E-state index < -0.39 is 0 Å². The molecule has 0 saturated heterocycles. The molecule has 1 unspecified atom stereocenters. The first-order chi connectivity index (χ1) is 8.17. The summed E-state index contributed by atoms with van der Waals surface area (Å²) in [6, 6.07) is 0.308. The summed E-state index contributed by atoms with van der Waals surface area (Å²) in [7, 11) is 0. The first-order valence-electron chi connectivity index (χ1n) is 6.59. The molecule has 0 aliphatic carbocycles. The van der Waals surface area contributed by atoms with E-state index in [-0.39, 0.29) is 0 Å². The molecule has 5 heteroatoms.